The van der Waals surface area contributed by atoms with Crippen LogP contribution in [-0.4, -0.2) is 30.5 Å². The second-order valence-electron chi connectivity index (χ2n) is 5.35. The van der Waals surface area contributed by atoms with Gasteiger partial charge >= 0.3 is 0 Å². The molecule has 1 aliphatic heterocycles. The predicted molar refractivity (Wildman–Crippen MR) is 82.6 cm³/mol. The smallest absolute Gasteiger partial charge is 0.233 e. The summed E-state index contributed by atoms with van der Waals surface area (Å²) in [6, 6.07) is 9.84. The fraction of sp³-hybridized carbons (Fsp3) is 0.412. The predicted octanol–water partition coefficient (Wildman–Crippen LogP) is 2.68. The SMILES string of the molecule is CCOc1ccc(C[C@@H]2COc3cc(OC)ccc3C2)nn1. The lowest BCUT2D eigenvalue weighted by atomic mass is 9.92. The van der Waals surface area contributed by atoms with Gasteiger partial charge in [0, 0.05) is 18.1 Å². The molecule has 0 amide bonds. The number of methoxy groups -OCH3 is 1. The van der Waals surface area contributed by atoms with E-state index in [2.05, 4.69) is 16.3 Å². The molecule has 2 aromatic rings. The molecule has 5 heteroatoms. The van der Waals surface area contributed by atoms with Crippen molar-refractivity contribution in [3.8, 4) is 17.4 Å². The largest absolute Gasteiger partial charge is 0.497 e. The highest BCUT2D eigenvalue weighted by atomic mass is 16.5. The van der Waals surface area contributed by atoms with E-state index in [0.717, 1.165) is 30.0 Å². The van der Waals surface area contributed by atoms with Crippen molar-refractivity contribution in [3.63, 3.8) is 0 Å². The van der Waals surface area contributed by atoms with Crippen LogP contribution in [0.5, 0.6) is 17.4 Å². The fourth-order valence-corrected chi connectivity index (χ4v) is 2.65. The maximum atomic E-state index is 5.86. The maximum absolute atomic E-state index is 5.86. The second-order valence-corrected chi connectivity index (χ2v) is 5.35. The number of fused-ring (bicyclic) bond motifs is 1. The van der Waals surface area contributed by atoms with Crippen LogP contribution in [0.1, 0.15) is 18.2 Å². The van der Waals surface area contributed by atoms with Gasteiger partial charge in [-0.3, -0.25) is 0 Å². The highest BCUT2D eigenvalue weighted by molar-refractivity contribution is 5.42. The van der Waals surface area contributed by atoms with Crippen molar-refractivity contribution in [1.29, 1.82) is 0 Å². The molecule has 1 aromatic heterocycles. The fourth-order valence-electron chi connectivity index (χ4n) is 2.65. The van der Waals surface area contributed by atoms with E-state index in [1.807, 2.05) is 31.2 Å². The molecule has 1 atom stereocenters. The molecule has 0 unspecified atom stereocenters. The van der Waals surface area contributed by atoms with Gasteiger partial charge in [0.25, 0.3) is 0 Å². The molecular formula is C17H20N2O3. The molecule has 0 fully saturated rings. The highest BCUT2D eigenvalue weighted by Crippen LogP contribution is 2.31. The van der Waals surface area contributed by atoms with Gasteiger partial charge in [0.05, 0.1) is 26.0 Å². The molecule has 116 valence electrons. The molecule has 0 aliphatic carbocycles. The van der Waals surface area contributed by atoms with Gasteiger partial charge in [-0.15, -0.1) is 5.10 Å². The van der Waals surface area contributed by atoms with E-state index in [4.69, 9.17) is 14.2 Å². The summed E-state index contributed by atoms with van der Waals surface area (Å²) >= 11 is 0. The van der Waals surface area contributed by atoms with Crippen LogP contribution < -0.4 is 14.2 Å². The summed E-state index contributed by atoms with van der Waals surface area (Å²) in [5.74, 6) is 2.74. The third kappa shape index (κ3) is 3.30. The molecule has 2 heterocycles. The third-order valence-corrected chi connectivity index (χ3v) is 3.74. The minimum absolute atomic E-state index is 0.410. The Morgan fingerprint density at radius 1 is 1.23 bits per heavy atom. The van der Waals surface area contributed by atoms with E-state index in [9.17, 15) is 0 Å². The first-order valence-electron chi connectivity index (χ1n) is 7.53. The number of ether oxygens (including phenoxy) is 3. The molecule has 3 rings (SSSR count). The lowest BCUT2D eigenvalue weighted by Crippen LogP contribution is -2.23. The normalized spacial score (nSPS) is 16.5. The van der Waals surface area contributed by atoms with Crippen molar-refractivity contribution in [1.82, 2.24) is 10.2 Å². The minimum Gasteiger partial charge on any atom is -0.497 e. The number of rotatable bonds is 5. The Labute approximate surface area is 130 Å². The molecule has 1 aliphatic rings. The standard InChI is InChI=1S/C17H20N2O3/c1-3-21-17-7-5-14(18-19-17)9-12-8-13-4-6-15(20-2)10-16(13)22-11-12/h4-7,10,12H,3,8-9,11H2,1-2H3/t12-/m1/s1. The molecule has 0 saturated carbocycles. The Balaban J connectivity index is 1.64. The van der Waals surface area contributed by atoms with E-state index < -0.39 is 0 Å². The number of nitrogens with zero attached hydrogens (tertiary/aromatic N) is 2. The van der Waals surface area contributed by atoms with Crippen LogP contribution >= 0.6 is 0 Å². The van der Waals surface area contributed by atoms with Crippen molar-refractivity contribution < 1.29 is 14.2 Å². The molecule has 0 saturated heterocycles. The van der Waals surface area contributed by atoms with Gasteiger partial charge in [0.1, 0.15) is 11.5 Å². The first kappa shape index (κ1) is 14.6. The lowest BCUT2D eigenvalue weighted by Gasteiger charge is -2.25. The van der Waals surface area contributed by atoms with Gasteiger partial charge in [-0.2, -0.15) is 5.10 Å². The van der Waals surface area contributed by atoms with Crippen LogP contribution in [0.2, 0.25) is 0 Å². The molecule has 1 aromatic carbocycles. The van der Waals surface area contributed by atoms with Crippen molar-refractivity contribution in [3.05, 3.63) is 41.6 Å². The van der Waals surface area contributed by atoms with Crippen LogP contribution in [0.3, 0.4) is 0 Å². The molecule has 22 heavy (non-hydrogen) atoms. The van der Waals surface area contributed by atoms with Crippen molar-refractivity contribution >= 4 is 0 Å². The summed E-state index contributed by atoms with van der Waals surface area (Å²) in [5, 5.41) is 8.30. The van der Waals surface area contributed by atoms with E-state index in [1.54, 1.807) is 7.11 Å². The van der Waals surface area contributed by atoms with Crippen LogP contribution in [0.25, 0.3) is 0 Å². The minimum atomic E-state index is 0.410. The van der Waals surface area contributed by atoms with Gasteiger partial charge in [-0.05, 0) is 37.5 Å². The summed E-state index contributed by atoms with van der Waals surface area (Å²) in [6.07, 6.45) is 1.83. The van der Waals surface area contributed by atoms with Crippen LogP contribution in [0.4, 0.5) is 0 Å². The van der Waals surface area contributed by atoms with E-state index >= 15 is 0 Å². The number of aromatic nitrogens is 2. The number of hydrogen-bond acceptors (Lipinski definition) is 5. The van der Waals surface area contributed by atoms with E-state index in [1.165, 1.54) is 5.56 Å². The van der Waals surface area contributed by atoms with E-state index in [0.29, 0.717) is 25.0 Å². The average molecular weight is 300 g/mol. The summed E-state index contributed by atoms with van der Waals surface area (Å²) in [5.41, 5.74) is 2.19. The Morgan fingerprint density at radius 2 is 2.14 bits per heavy atom. The molecule has 0 radical (unpaired) electrons. The van der Waals surface area contributed by atoms with Crippen molar-refractivity contribution in [2.75, 3.05) is 20.3 Å². The van der Waals surface area contributed by atoms with Crippen LogP contribution in [0.15, 0.2) is 30.3 Å². The molecule has 5 nitrogen and oxygen atoms in total. The van der Waals surface area contributed by atoms with Gasteiger partial charge < -0.3 is 14.2 Å². The van der Waals surface area contributed by atoms with Crippen molar-refractivity contribution in [2.45, 2.75) is 19.8 Å². The Bertz CT molecular complexity index is 628. The van der Waals surface area contributed by atoms with Crippen LogP contribution in [0, 0.1) is 5.92 Å². The topological polar surface area (TPSA) is 53.5 Å². The zero-order valence-electron chi connectivity index (χ0n) is 12.9. The highest BCUT2D eigenvalue weighted by Gasteiger charge is 2.21. The lowest BCUT2D eigenvalue weighted by molar-refractivity contribution is 0.219. The van der Waals surface area contributed by atoms with E-state index in [-0.39, 0.29) is 0 Å². The Hall–Kier alpha value is -2.30. The summed E-state index contributed by atoms with van der Waals surface area (Å²) in [4.78, 5) is 0. The summed E-state index contributed by atoms with van der Waals surface area (Å²) < 4.78 is 16.4. The Morgan fingerprint density at radius 3 is 2.86 bits per heavy atom. The first-order valence-corrected chi connectivity index (χ1v) is 7.53. The Kier molecular flexibility index (Phi) is 4.42. The molecule has 0 spiro atoms. The third-order valence-electron chi connectivity index (χ3n) is 3.74. The zero-order chi connectivity index (χ0) is 15.4. The first-order chi connectivity index (χ1) is 10.8. The molecule has 0 N–H and O–H groups in total. The molecule has 0 bridgehead atoms. The number of benzene rings is 1. The van der Waals surface area contributed by atoms with Gasteiger partial charge in [-0.25, -0.2) is 0 Å². The van der Waals surface area contributed by atoms with Crippen molar-refractivity contribution in [2.24, 2.45) is 5.92 Å². The van der Waals surface area contributed by atoms with Gasteiger partial charge in [0.15, 0.2) is 0 Å². The average Bonchev–Trinajstić information content (AvgIpc) is 2.56. The summed E-state index contributed by atoms with van der Waals surface area (Å²) in [7, 11) is 1.66. The van der Waals surface area contributed by atoms with Gasteiger partial charge in [0.2, 0.25) is 5.88 Å². The summed E-state index contributed by atoms with van der Waals surface area (Å²) in [6.45, 7) is 3.22. The number of hydrogen-bond donors (Lipinski definition) is 0. The molecular weight excluding hydrogens is 280 g/mol. The monoisotopic (exact) mass is 300 g/mol. The quantitative estimate of drug-likeness (QED) is 0.849. The van der Waals surface area contributed by atoms with Gasteiger partial charge in [-0.1, -0.05) is 6.07 Å². The second kappa shape index (κ2) is 6.64. The maximum Gasteiger partial charge on any atom is 0.233 e. The van der Waals surface area contributed by atoms with Crippen LogP contribution in [-0.2, 0) is 12.8 Å². The zero-order valence-corrected chi connectivity index (χ0v) is 12.9.